The predicted molar refractivity (Wildman–Crippen MR) is 126 cm³/mol. The maximum absolute atomic E-state index is 13.4. The second-order valence-electron chi connectivity index (χ2n) is 7.63. The number of carbonyl (C=O) groups is 2. The molecule has 0 aliphatic carbocycles. The average Bonchev–Trinajstić information content (AvgIpc) is 3.19. The van der Waals surface area contributed by atoms with E-state index in [1.165, 1.54) is 23.9 Å². The Hall–Kier alpha value is -3.91. The van der Waals surface area contributed by atoms with Crippen LogP contribution in [0.4, 0.5) is 5.69 Å². The van der Waals surface area contributed by atoms with Crippen LogP contribution in [0.25, 0.3) is 10.9 Å². The zero-order valence-corrected chi connectivity index (χ0v) is 19.1. The molecular weight excluding hydrogens is 440 g/mol. The van der Waals surface area contributed by atoms with Crippen LogP contribution in [0.3, 0.4) is 0 Å². The van der Waals surface area contributed by atoms with E-state index < -0.39 is 21.9 Å². The quantitative estimate of drug-likeness (QED) is 0.440. The lowest BCUT2D eigenvalue weighted by Crippen LogP contribution is -2.17. The van der Waals surface area contributed by atoms with Crippen LogP contribution in [0.1, 0.15) is 31.8 Å². The normalized spacial score (nSPS) is 11.4. The lowest BCUT2D eigenvalue weighted by atomic mass is 10.1. The zero-order chi connectivity index (χ0) is 23.8. The number of para-hydroxylation sites is 2. The summed E-state index contributed by atoms with van der Waals surface area (Å²) in [4.78, 5) is 25.6. The molecule has 0 saturated heterocycles. The molecule has 8 heteroatoms. The van der Waals surface area contributed by atoms with Gasteiger partial charge in [-0.15, -0.1) is 0 Å². The van der Waals surface area contributed by atoms with Gasteiger partial charge < -0.3 is 4.74 Å². The summed E-state index contributed by atoms with van der Waals surface area (Å²) in [5, 5.41) is 0.568. The molecule has 0 saturated carbocycles. The Bertz CT molecular complexity index is 1500. The summed E-state index contributed by atoms with van der Waals surface area (Å²) in [6.07, 6.45) is 1.42. The highest BCUT2D eigenvalue weighted by atomic mass is 32.2. The van der Waals surface area contributed by atoms with E-state index in [1.807, 2.05) is 6.07 Å². The first kappa shape index (κ1) is 22.3. The van der Waals surface area contributed by atoms with E-state index in [-0.39, 0.29) is 16.0 Å². The molecule has 0 bridgehead atoms. The lowest BCUT2D eigenvalue weighted by Gasteiger charge is -2.13. The van der Waals surface area contributed by atoms with Crippen LogP contribution in [-0.4, -0.2) is 32.0 Å². The van der Waals surface area contributed by atoms with E-state index in [0.717, 1.165) is 5.56 Å². The molecule has 0 atom stereocenters. The molecule has 0 spiro atoms. The van der Waals surface area contributed by atoms with Gasteiger partial charge in [-0.2, -0.15) is 0 Å². The van der Waals surface area contributed by atoms with Crippen LogP contribution in [0.2, 0.25) is 0 Å². The summed E-state index contributed by atoms with van der Waals surface area (Å²) in [7, 11) is -2.67. The van der Waals surface area contributed by atoms with Crippen LogP contribution in [-0.2, 0) is 14.8 Å². The third-order valence-electron chi connectivity index (χ3n) is 5.45. The third-order valence-corrected chi connectivity index (χ3v) is 6.96. The molecule has 33 heavy (non-hydrogen) atoms. The summed E-state index contributed by atoms with van der Waals surface area (Å²) >= 11 is 0. The fourth-order valence-electron chi connectivity index (χ4n) is 3.67. The number of benzene rings is 3. The SMILES string of the molecule is COC(=O)c1cn(C(=O)c2ccc(C)c(S(=O)(=O)Nc3ccccc3C)c2)c2ccccc12. The van der Waals surface area contributed by atoms with Crippen molar-refractivity contribution in [3.8, 4) is 0 Å². The molecule has 0 unspecified atom stereocenters. The van der Waals surface area contributed by atoms with Crippen LogP contribution in [0.15, 0.2) is 77.8 Å². The second-order valence-corrected chi connectivity index (χ2v) is 9.28. The number of carbonyl (C=O) groups excluding carboxylic acids is 2. The van der Waals surface area contributed by atoms with E-state index in [1.54, 1.807) is 68.4 Å². The van der Waals surface area contributed by atoms with Crippen molar-refractivity contribution < 1.29 is 22.7 Å². The van der Waals surface area contributed by atoms with E-state index in [4.69, 9.17) is 4.74 Å². The van der Waals surface area contributed by atoms with E-state index in [0.29, 0.717) is 22.2 Å². The van der Waals surface area contributed by atoms with Gasteiger partial charge in [0.05, 0.1) is 28.8 Å². The van der Waals surface area contributed by atoms with Crippen molar-refractivity contribution in [1.29, 1.82) is 0 Å². The van der Waals surface area contributed by atoms with Crippen molar-refractivity contribution in [2.75, 3.05) is 11.8 Å². The van der Waals surface area contributed by atoms with Gasteiger partial charge in [-0.1, -0.05) is 42.5 Å². The third kappa shape index (κ3) is 4.12. The molecule has 7 nitrogen and oxygen atoms in total. The lowest BCUT2D eigenvalue weighted by molar-refractivity contribution is 0.0603. The van der Waals surface area contributed by atoms with Crippen molar-refractivity contribution in [3.05, 3.63) is 95.2 Å². The Morgan fingerprint density at radius 1 is 0.909 bits per heavy atom. The largest absolute Gasteiger partial charge is 0.465 e. The smallest absolute Gasteiger partial charge is 0.340 e. The monoisotopic (exact) mass is 462 g/mol. The number of rotatable bonds is 5. The highest BCUT2D eigenvalue weighted by Crippen LogP contribution is 2.26. The molecule has 0 radical (unpaired) electrons. The van der Waals surface area contributed by atoms with Gasteiger partial charge in [-0.25, -0.2) is 13.2 Å². The maximum atomic E-state index is 13.4. The molecule has 1 heterocycles. The van der Waals surface area contributed by atoms with E-state index in [9.17, 15) is 18.0 Å². The number of aryl methyl sites for hydroxylation is 2. The number of hydrogen-bond donors (Lipinski definition) is 1. The first-order chi connectivity index (χ1) is 15.7. The summed E-state index contributed by atoms with van der Waals surface area (Å²) in [5.41, 5.74) is 2.68. The molecular formula is C25H22N2O5S. The minimum absolute atomic E-state index is 0.00116. The number of esters is 1. The molecule has 3 aromatic carbocycles. The van der Waals surface area contributed by atoms with Gasteiger partial charge in [0.2, 0.25) is 0 Å². The van der Waals surface area contributed by atoms with E-state index >= 15 is 0 Å². The summed E-state index contributed by atoms with van der Waals surface area (Å²) in [6, 6.07) is 18.5. The Kier molecular flexibility index (Phi) is 5.78. The first-order valence-electron chi connectivity index (χ1n) is 10.1. The summed E-state index contributed by atoms with van der Waals surface area (Å²) in [5.74, 6) is -1.03. The second kappa shape index (κ2) is 8.55. The Morgan fingerprint density at radius 3 is 2.33 bits per heavy atom. The fraction of sp³-hybridized carbons (Fsp3) is 0.120. The van der Waals surface area contributed by atoms with E-state index in [2.05, 4.69) is 4.72 Å². The van der Waals surface area contributed by atoms with Gasteiger partial charge >= 0.3 is 5.97 Å². The number of anilines is 1. The predicted octanol–water partition coefficient (Wildman–Crippen LogP) is 4.53. The summed E-state index contributed by atoms with van der Waals surface area (Å²) < 4.78 is 35.0. The first-order valence-corrected chi connectivity index (χ1v) is 11.6. The number of fused-ring (bicyclic) bond motifs is 1. The van der Waals surface area contributed by atoms with Crippen molar-refractivity contribution >= 4 is 38.5 Å². The molecule has 1 aromatic heterocycles. The van der Waals surface area contributed by atoms with Crippen LogP contribution in [0, 0.1) is 13.8 Å². The highest BCUT2D eigenvalue weighted by molar-refractivity contribution is 7.92. The molecule has 0 fully saturated rings. The molecule has 0 aliphatic heterocycles. The molecule has 0 aliphatic rings. The number of sulfonamides is 1. The average molecular weight is 463 g/mol. The molecule has 1 N–H and O–H groups in total. The molecule has 0 amide bonds. The number of nitrogens with one attached hydrogen (secondary N) is 1. The minimum Gasteiger partial charge on any atom is -0.465 e. The Labute approximate surface area is 191 Å². The maximum Gasteiger partial charge on any atom is 0.340 e. The number of methoxy groups -OCH3 is 1. The zero-order valence-electron chi connectivity index (χ0n) is 18.3. The van der Waals surface area contributed by atoms with Gasteiger partial charge in [0, 0.05) is 17.1 Å². The van der Waals surface area contributed by atoms with Gasteiger partial charge in [-0.05, 0) is 49.2 Å². The van der Waals surface area contributed by atoms with Crippen molar-refractivity contribution in [2.24, 2.45) is 0 Å². The Morgan fingerprint density at radius 2 is 1.61 bits per heavy atom. The van der Waals surface area contributed by atoms with Crippen molar-refractivity contribution in [2.45, 2.75) is 18.7 Å². The standard InChI is InChI=1S/C25H22N2O5S/c1-16-8-4-6-10-21(16)26-33(30,31)23-14-18(13-12-17(23)2)24(28)27-15-20(25(29)32-3)19-9-5-7-11-22(19)27/h4-15,26H,1-3H3. The number of ether oxygens (including phenoxy) is 1. The minimum atomic E-state index is -3.94. The van der Waals surface area contributed by atoms with Gasteiger partial charge in [-0.3, -0.25) is 14.1 Å². The molecule has 4 aromatic rings. The fourth-order valence-corrected chi connectivity index (χ4v) is 5.07. The van der Waals surface area contributed by atoms with Crippen LogP contribution in [0.5, 0.6) is 0 Å². The van der Waals surface area contributed by atoms with Crippen molar-refractivity contribution in [1.82, 2.24) is 4.57 Å². The van der Waals surface area contributed by atoms with Crippen molar-refractivity contribution in [3.63, 3.8) is 0 Å². The molecule has 4 rings (SSSR count). The summed E-state index contributed by atoms with van der Waals surface area (Å²) in [6.45, 7) is 3.47. The van der Waals surface area contributed by atoms with Gasteiger partial charge in [0.1, 0.15) is 0 Å². The highest BCUT2D eigenvalue weighted by Gasteiger charge is 2.23. The number of aromatic nitrogens is 1. The van der Waals surface area contributed by atoms with Gasteiger partial charge in [0.25, 0.3) is 15.9 Å². The number of nitrogens with zero attached hydrogens (tertiary/aromatic N) is 1. The topological polar surface area (TPSA) is 94.5 Å². The van der Waals surface area contributed by atoms with Crippen LogP contribution >= 0.6 is 0 Å². The van der Waals surface area contributed by atoms with Gasteiger partial charge in [0.15, 0.2) is 0 Å². The molecule has 168 valence electrons. The number of hydrogen-bond acceptors (Lipinski definition) is 5. The Balaban J connectivity index is 1.78. The van der Waals surface area contributed by atoms with Crippen LogP contribution < -0.4 is 4.72 Å².